The highest BCUT2D eigenvalue weighted by atomic mass is 16.5. The van der Waals surface area contributed by atoms with Crippen molar-refractivity contribution in [3.63, 3.8) is 0 Å². The largest absolute Gasteiger partial charge is 0.361 e. The van der Waals surface area contributed by atoms with Crippen molar-refractivity contribution >= 4 is 6.03 Å². The van der Waals surface area contributed by atoms with E-state index in [1.165, 1.54) is 0 Å². The number of nitrogens with one attached hydrogen (secondary N) is 1. The van der Waals surface area contributed by atoms with E-state index in [1.54, 1.807) is 6.33 Å². The van der Waals surface area contributed by atoms with Gasteiger partial charge in [0.2, 0.25) is 0 Å². The summed E-state index contributed by atoms with van der Waals surface area (Å²) in [7, 11) is 1.96. The Morgan fingerprint density at radius 2 is 2.12 bits per heavy atom. The fourth-order valence-electron chi connectivity index (χ4n) is 3.61. The number of aromatic nitrogens is 4. The maximum atomic E-state index is 12.7. The summed E-state index contributed by atoms with van der Waals surface area (Å²) in [4.78, 5) is 14.6. The molecule has 1 atom stereocenters. The van der Waals surface area contributed by atoms with E-state index in [2.05, 4.69) is 27.6 Å². The van der Waals surface area contributed by atoms with Crippen LogP contribution in [0.2, 0.25) is 0 Å². The van der Waals surface area contributed by atoms with Gasteiger partial charge in [-0.15, -0.1) is 10.2 Å². The van der Waals surface area contributed by atoms with Crippen molar-refractivity contribution in [2.45, 2.75) is 52.0 Å². The number of hydrogen-bond acceptors (Lipinski definition) is 5. The first-order valence-corrected chi connectivity index (χ1v) is 8.83. The number of rotatable bonds is 4. The van der Waals surface area contributed by atoms with Gasteiger partial charge in [-0.3, -0.25) is 0 Å². The molecule has 0 bridgehead atoms. The molecule has 2 amide bonds. The molecule has 136 valence electrons. The Morgan fingerprint density at radius 1 is 1.40 bits per heavy atom. The highest BCUT2D eigenvalue weighted by molar-refractivity contribution is 5.75. The number of hydrogen-bond donors (Lipinski definition) is 1. The summed E-state index contributed by atoms with van der Waals surface area (Å²) < 4.78 is 7.20. The number of aryl methyl sites for hydroxylation is 3. The molecule has 2 aromatic heterocycles. The zero-order valence-electron chi connectivity index (χ0n) is 15.3. The third-order valence-corrected chi connectivity index (χ3v) is 5.04. The lowest BCUT2D eigenvalue weighted by Crippen LogP contribution is -2.45. The van der Waals surface area contributed by atoms with Gasteiger partial charge in [-0.05, 0) is 33.1 Å². The van der Waals surface area contributed by atoms with Crippen molar-refractivity contribution in [1.29, 1.82) is 0 Å². The Hall–Kier alpha value is -2.38. The van der Waals surface area contributed by atoms with Gasteiger partial charge in [0.05, 0.1) is 11.7 Å². The molecule has 0 spiro atoms. The minimum Gasteiger partial charge on any atom is -0.361 e. The van der Waals surface area contributed by atoms with E-state index in [4.69, 9.17) is 4.52 Å². The molecule has 1 aliphatic rings. The van der Waals surface area contributed by atoms with Gasteiger partial charge in [0.25, 0.3) is 0 Å². The lowest BCUT2D eigenvalue weighted by molar-refractivity contribution is 0.176. The second-order valence-electron chi connectivity index (χ2n) is 6.71. The highest BCUT2D eigenvalue weighted by Crippen LogP contribution is 2.27. The molecule has 25 heavy (non-hydrogen) atoms. The van der Waals surface area contributed by atoms with Crippen molar-refractivity contribution in [2.24, 2.45) is 7.05 Å². The lowest BCUT2D eigenvalue weighted by atomic mass is 9.96. The van der Waals surface area contributed by atoms with Crippen LogP contribution >= 0.6 is 0 Å². The fourth-order valence-corrected chi connectivity index (χ4v) is 3.61. The molecule has 0 aliphatic carbocycles. The number of nitrogens with zero attached hydrogens (tertiary/aromatic N) is 5. The summed E-state index contributed by atoms with van der Waals surface area (Å²) in [6.07, 6.45) is 4.33. The van der Waals surface area contributed by atoms with Gasteiger partial charge >= 0.3 is 6.03 Å². The van der Waals surface area contributed by atoms with Crippen LogP contribution in [0.1, 0.15) is 61.0 Å². The van der Waals surface area contributed by atoms with E-state index in [0.29, 0.717) is 5.92 Å². The van der Waals surface area contributed by atoms with Gasteiger partial charge in [0.15, 0.2) is 0 Å². The van der Waals surface area contributed by atoms with Crippen molar-refractivity contribution in [3.05, 3.63) is 29.2 Å². The number of likely N-dealkylation sites (tertiary alicyclic amines) is 1. The van der Waals surface area contributed by atoms with E-state index in [9.17, 15) is 4.79 Å². The van der Waals surface area contributed by atoms with Crippen molar-refractivity contribution in [2.75, 3.05) is 13.1 Å². The predicted molar refractivity (Wildman–Crippen MR) is 92.1 cm³/mol. The van der Waals surface area contributed by atoms with Crippen LogP contribution < -0.4 is 5.32 Å². The molecule has 0 saturated carbocycles. The molecule has 1 aliphatic heterocycles. The maximum absolute atomic E-state index is 12.7. The first-order valence-electron chi connectivity index (χ1n) is 8.83. The summed E-state index contributed by atoms with van der Waals surface area (Å²) in [5, 5.41) is 15.3. The number of piperidine rings is 1. The molecular weight excluding hydrogens is 320 g/mol. The molecule has 1 fully saturated rings. The van der Waals surface area contributed by atoms with Gasteiger partial charge < -0.3 is 19.3 Å². The Kier molecular flexibility index (Phi) is 5.06. The van der Waals surface area contributed by atoms with Gasteiger partial charge in [-0.25, -0.2) is 4.79 Å². The molecule has 1 N–H and O–H groups in total. The Morgan fingerprint density at radius 3 is 2.64 bits per heavy atom. The molecule has 8 nitrogen and oxygen atoms in total. The smallest absolute Gasteiger partial charge is 0.317 e. The summed E-state index contributed by atoms with van der Waals surface area (Å²) in [5.41, 5.74) is 1.83. The quantitative estimate of drug-likeness (QED) is 0.918. The molecule has 3 rings (SSSR count). The number of urea groups is 1. The molecule has 3 heterocycles. The Balaban J connectivity index is 1.60. The van der Waals surface area contributed by atoms with Crippen LogP contribution in [0.15, 0.2) is 10.9 Å². The zero-order chi connectivity index (χ0) is 18.0. The summed E-state index contributed by atoms with van der Waals surface area (Å²) in [6, 6.07) is -0.0986. The monoisotopic (exact) mass is 346 g/mol. The standard InChI is InChI=1S/C17H26N6O2/c1-5-14(15-11(2)21-25-12(15)3)19-17(24)23-8-6-13(7-9-23)16-20-18-10-22(16)4/h10,13-14H,5-9H2,1-4H3,(H,19,24)/t14-/m1/s1. The van der Waals surface area contributed by atoms with Crippen LogP contribution in [0.25, 0.3) is 0 Å². The molecule has 2 aromatic rings. The minimum atomic E-state index is -0.0739. The van der Waals surface area contributed by atoms with Crippen LogP contribution in [0, 0.1) is 13.8 Å². The van der Waals surface area contributed by atoms with E-state index < -0.39 is 0 Å². The topological polar surface area (TPSA) is 89.1 Å². The molecular formula is C17H26N6O2. The fraction of sp³-hybridized carbons (Fsp3) is 0.647. The van der Waals surface area contributed by atoms with Crippen LogP contribution in [-0.4, -0.2) is 43.9 Å². The number of carbonyl (C=O) groups is 1. The highest BCUT2D eigenvalue weighted by Gasteiger charge is 2.28. The molecule has 0 aromatic carbocycles. The maximum Gasteiger partial charge on any atom is 0.317 e. The Bertz CT molecular complexity index is 710. The van der Waals surface area contributed by atoms with E-state index in [-0.39, 0.29) is 12.1 Å². The number of carbonyl (C=O) groups excluding carboxylic acids is 1. The van der Waals surface area contributed by atoms with Crippen molar-refractivity contribution < 1.29 is 9.32 Å². The first kappa shape index (κ1) is 17.4. The summed E-state index contributed by atoms with van der Waals surface area (Å²) >= 11 is 0. The van der Waals surface area contributed by atoms with Crippen LogP contribution in [-0.2, 0) is 7.05 Å². The van der Waals surface area contributed by atoms with Crippen LogP contribution in [0.4, 0.5) is 4.79 Å². The SMILES string of the molecule is CC[C@@H](NC(=O)N1CCC(c2nncn2C)CC1)c1c(C)noc1C. The molecule has 0 unspecified atom stereocenters. The van der Waals surface area contributed by atoms with E-state index in [0.717, 1.165) is 55.2 Å². The molecule has 8 heteroatoms. The second kappa shape index (κ2) is 7.25. The normalized spacial score (nSPS) is 16.9. The number of amides is 2. The zero-order valence-corrected chi connectivity index (χ0v) is 15.3. The van der Waals surface area contributed by atoms with Gasteiger partial charge in [0, 0.05) is 31.6 Å². The van der Waals surface area contributed by atoms with E-state index in [1.807, 2.05) is 30.4 Å². The average Bonchev–Trinajstić information content (AvgIpc) is 3.18. The van der Waals surface area contributed by atoms with Crippen LogP contribution in [0.5, 0.6) is 0 Å². The third kappa shape index (κ3) is 3.52. The van der Waals surface area contributed by atoms with Gasteiger partial charge in [-0.1, -0.05) is 12.1 Å². The second-order valence-corrected chi connectivity index (χ2v) is 6.71. The molecule has 1 saturated heterocycles. The molecule has 0 radical (unpaired) electrons. The van der Waals surface area contributed by atoms with E-state index >= 15 is 0 Å². The van der Waals surface area contributed by atoms with Crippen LogP contribution in [0.3, 0.4) is 0 Å². The first-order chi connectivity index (χ1) is 12.0. The van der Waals surface area contributed by atoms with Gasteiger partial charge in [0.1, 0.15) is 17.9 Å². The third-order valence-electron chi connectivity index (χ3n) is 5.04. The average molecular weight is 346 g/mol. The lowest BCUT2D eigenvalue weighted by Gasteiger charge is -2.32. The van der Waals surface area contributed by atoms with Gasteiger partial charge in [-0.2, -0.15) is 0 Å². The van der Waals surface area contributed by atoms with Crippen molar-refractivity contribution in [3.8, 4) is 0 Å². The van der Waals surface area contributed by atoms with Crippen molar-refractivity contribution in [1.82, 2.24) is 30.1 Å². The summed E-state index contributed by atoms with van der Waals surface area (Å²) in [6.45, 7) is 7.30. The predicted octanol–water partition coefficient (Wildman–Crippen LogP) is 2.46. The Labute approximate surface area is 147 Å². The minimum absolute atomic E-state index is 0.0248. The summed E-state index contributed by atoms with van der Waals surface area (Å²) in [5.74, 6) is 2.13.